The Labute approximate surface area is 317 Å². The van der Waals surface area contributed by atoms with Crippen molar-refractivity contribution in [2.24, 2.45) is 5.73 Å². The smallest absolute Gasteiger partial charge is 0.245 e. The van der Waals surface area contributed by atoms with Crippen LogP contribution in [0.1, 0.15) is 77.2 Å². The molecule has 2 fully saturated rings. The van der Waals surface area contributed by atoms with Crippen molar-refractivity contribution in [2.45, 2.75) is 108 Å². The first-order chi connectivity index (χ1) is 25.7. The molecule has 0 radical (unpaired) electrons. The van der Waals surface area contributed by atoms with Crippen LogP contribution in [0.3, 0.4) is 0 Å². The Morgan fingerprint density at radius 3 is 2.06 bits per heavy atom. The number of likely N-dealkylation sites (tertiary alicyclic amines) is 2. The van der Waals surface area contributed by atoms with Gasteiger partial charge in [-0.25, -0.2) is 0 Å². The Kier molecular flexibility index (Phi) is 17.1. The van der Waals surface area contributed by atoms with E-state index in [4.69, 9.17) is 5.73 Å². The van der Waals surface area contributed by atoms with E-state index < -0.39 is 59.7 Å². The molecule has 0 unspecified atom stereocenters. The van der Waals surface area contributed by atoms with E-state index in [1.54, 1.807) is 44.4 Å². The molecule has 0 spiro atoms. The number of amides is 8. The highest BCUT2D eigenvalue weighted by Gasteiger charge is 2.40. The van der Waals surface area contributed by atoms with Crippen LogP contribution in [0, 0.1) is 0 Å². The van der Waals surface area contributed by atoms with Crippen LogP contribution in [-0.4, -0.2) is 126 Å². The molecule has 16 nitrogen and oxygen atoms in total. The number of carbonyl (C=O) groups is 8. The van der Waals surface area contributed by atoms with Crippen LogP contribution in [0.5, 0.6) is 0 Å². The van der Waals surface area contributed by atoms with Crippen LogP contribution in [0.25, 0.3) is 0 Å². The van der Waals surface area contributed by atoms with Crippen molar-refractivity contribution in [2.75, 3.05) is 33.7 Å². The highest BCUT2D eigenvalue weighted by Crippen LogP contribution is 2.21. The molecule has 296 valence electrons. The van der Waals surface area contributed by atoms with Gasteiger partial charge in [-0.1, -0.05) is 43.3 Å². The molecular formula is C38H56N8O8. The lowest BCUT2D eigenvalue weighted by Crippen LogP contribution is -2.58. The monoisotopic (exact) mass is 752 g/mol. The maximum Gasteiger partial charge on any atom is 0.245 e. The largest absolute Gasteiger partial charge is 0.368 e. The zero-order chi connectivity index (χ0) is 39.8. The third kappa shape index (κ3) is 13.0. The first-order valence-corrected chi connectivity index (χ1v) is 18.7. The lowest BCUT2D eigenvalue weighted by Gasteiger charge is -2.31. The van der Waals surface area contributed by atoms with Crippen molar-refractivity contribution in [1.82, 2.24) is 36.0 Å². The third-order valence-electron chi connectivity index (χ3n) is 9.54. The number of likely N-dealkylation sites (N-methyl/N-ethyl adjacent to an activating group) is 1. The molecule has 2 aliphatic heterocycles. The number of rotatable bonds is 19. The van der Waals surface area contributed by atoms with E-state index in [1.807, 2.05) is 13.0 Å². The van der Waals surface area contributed by atoms with Crippen LogP contribution in [0.2, 0.25) is 0 Å². The SMILES string of the molecule is CCCNC(=O)CC[C@H](NC(=O)[C@H](CC/C=C/C(=O)N(C)C)NC(=O)[C@@H]1CCCN1C(C)=O)C(=O)N1CCC[C@H]1C(=O)N[C@@H](Cc1ccccc1)C(N)=O. The van der Waals surface area contributed by atoms with Gasteiger partial charge in [-0.15, -0.1) is 0 Å². The molecule has 2 saturated heterocycles. The van der Waals surface area contributed by atoms with E-state index >= 15 is 0 Å². The van der Waals surface area contributed by atoms with E-state index in [0.29, 0.717) is 45.2 Å². The quantitative estimate of drug-likeness (QED) is 0.120. The normalized spacial score (nSPS) is 18.4. The highest BCUT2D eigenvalue weighted by molar-refractivity contribution is 5.97. The first-order valence-electron chi connectivity index (χ1n) is 18.7. The van der Waals surface area contributed by atoms with Crippen molar-refractivity contribution >= 4 is 47.3 Å². The second-order valence-corrected chi connectivity index (χ2v) is 13.9. The minimum atomic E-state index is -1.25. The number of primary amides is 1. The summed E-state index contributed by atoms with van der Waals surface area (Å²) in [5.41, 5.74) is 6.42. The summed E-state index contributed by atoms with van der Waals surface area (Å²) < 4.78 is 0. The van der Waals surface area contributed by atoms with Crippen molar-refractivity contribution < 1.29 is 38.4 Å². The minimum Gasteiger partial charge on any atom is -0.368 e. The van der Waals surface area contributed by atoms with E-state index in [9.17, 15) is 38.4 Å². The van der Waals surface area contributed by atoms with Gasteiger partial charge in [-0.3, -0.25) is 38.4 Å². The third-order valence-corrected chi connectivity index (χ3v) is 9.54. The topological polar surface area (TPSA) is 220 Å². The fraction of sp³-hybridized carbons (Fsp3) is 0.579. The van der Waals surface area contributed by atoms with Crippen LogP contribution in [-0.2, 0) is 44.8 Å². The molecule has 0 aromatic heterocycles. The number of benzene rings is 1. The van der Waals surface area contributed by atoms with Crippen molar-refractivity contribution in [3.8, 4) is 0 Å². The number of hydrogen-bond acceptors (Lipinski definition) is 8. The molecule has 8 amide bonds. The molecular weight excluding hydrogens is 696 g/mol. The number of nitrogens with one attached hydrogen (secondary N) is 4. The van der Waals surface area contributed by atoms with Gasteiger partial charge in [0.25, 0.3) is 0 Å². The van der Waals surface area contributed by atoms with Crippen LogP contribution in [0.15, 0.2) is 42.5 Å². The molecule has 2 aliphatic rings. The number of allylic oxidation sites excluding steroid dienone is 1. The second-order valence-electron chi connectivity index (χ2n) is 13.9. The van der Waals surface area contributed by atoms with E-state index in [1.165, 1.54) is 27.7 Å². The molecule has 16 heteroatoms. The average Bonchev–Trinajstić information content (AvgIpc) is 3.84. The highest BCUT2D eigenvalue weighted by atomic mass is 16.2. The summed E-state index contributed by atoms with van der Waals surface area (Å²) in [4.78, 5) is 109. The molecule has 5 atom stereocenters. The molecule has 6 N–H and O–H groups in total. The molecule has 0 saturated carbocycles. The van der Waals surface area contributed by atoms with Gasteiger partial charge in [-0.2, -0.15) is 0 Å². The number of carbonyl (C=O) groups excluding carboxylic acids is 8. The van der Waals surface area contributed by atoms with Crippen LogP contribution < -0.4 is 27.0 Å². The minimum absolute atomic E-state index is 0.0597. The summed E-state index contributed by atoms with van der Waals surface area (Å²) in [6, 6.07) is 3.88. The molecule has 0 bridgehead atoms. The number of hydrogen-bond donors (Lipinski definition) is 5. The lowest BCUT2D eigenvalue weighted by molar-refractivity contribution is -0.143. The van der Waals surface area contributed by atoms with Crippen molar-refractivity contribution in [1.29, 1.82) is 0 Å². The van der Waals surface area contributed by atoms with E-state index in [-0.39, 0.29) is 56.4 Å². The second kappa shape index (κ2) is 21.4. The Hall–Kier alpha value is -5.28. The van der Waals surface area contributed by atoms with Gasteiger partial charge in [0, 0.05) is 53.5 Å². The molecule has 1 aromatic rings. The fourth-order valence-electron chi connectivity index (χ4n) is 6.55. The standard InChI is InChI=1S/C38H56N8O8/c1-5-21-40-32(48)20-19-28(38(54)46-23-12-17-31(46)37(53)43-29(34(39)50)24-26-13-7-6-8-14-26)42-35(51)27(15-9-10-18-33(49)44(3)4)41-36(52)30-16-11-22-45(30)25(2)47/h6-8,10,13-14,18,27-31H,5,9,11-12,15-17,19-24H2,1-4H3,(H2,39,50)(H,40,48)(H,41,52)(H,42,51)(H,43,53)/b18-10+/t27-,28-,29-,30-,31-/m0/s1. The van der Waals surface area contributed by atoms with Crippen LogP contribution in [0.4, 0.5) is 0 Å². The maximum atomic E-state index is 14.2. The number of nitrogens with two attached hydrogens (primary N) is 1. The predicted molar refractivity (Wildman–Crippen MR) is 200 cm³/mol. The summed E-state index contributed by atoms with van der Waals surface area (Å²) >= 11 is 0. The van der Waals surface area contributed by atoms with Crippen LogP contribution >= 0.6 is 0 Å². The summed E-state index contributed by atoms with van der Waals surface area (Å²) in [6.07, 6.45) is 5.69. The Morgan fingerprint density at radius 2 is 1.46 bits per heavy atom. The maximum absolute atomic E-state index is 14.2. The van der Waals surface area contributed by atoms with Gasteiger partial charge < -0.3 is 41.7 Å². The molecule has 2 heterocycles. The molecule has 3 rings (SSSR count). The predicted octanol–water partition coefficient (Wildman–Crippen LogP) is -0.0983. The summed E-state index contributed by atoms with van der Waals surface area (Å²) in [7, 11) is 3.20. The molecule has 1 aromatic carbocycles. The number of nitrogens with zero attached hydrogens (tertiary/aromatic N) is 3. The summed E-state index contributed by atoms with van der Waals surface area (Å²) in [6.45, 7) is 4.30. The average molecular weight is 753 g/mol. The van der Waals surface area contributed by atoms with Gasteiger partial charge in [0.1, 0.15) is 30.2 Å². The zero-order valence-electron chi connectivity index (χ0n) is 31.8. The van der Waals surface area contributed by atoms with Crippen molar-refractivity contribution in [3.05, 3.63) is 48.0 Å². The Morgan fingerprint density at radius 1 is 0.852 bits per heavy atom. The van der Waals surface area contributed by atoms with E-state index in [2.05, 4.69) is 21.3 Å². The van der Waals surface area contributed by atoms with Crippen molar-refractivity contribution in [3.63, 3.8) is 0 Å². The molecule has 54 heavy (non-hydrogen) atoms. The summed E-state index contributed by atoms with van der Waals surface area (Å²) in [5, 5.41) is 11.0. The molecule has 0 aliphatic carbocycles. The fourth-order valence-corrected chi connectivity index (χ4v) is 6.55. The lowest BCUT2D eigenvalue weighted by atomic mass is 10.0. The Bertz CT molecular complexity index is 1530. The van der Waals surface area contributed by atoms with Gasteiger partial charge in [0.05, 0.1) is 0 Å². The first kappa shape index (κ1) is 43.1. The summed E-state index contributed by atoms with van der Waals surface area (Å²) in [5.74, 6) is -3.97. The Balaban J connectivity index is 1.83. The van der Waals surface area contributed by atoms with E-state index in [0.717, 1.165) is 5.56 Å². The zero-order valence-corrected chi connectivity index (χ0v) is 31.8. The van der Waals surface area contributed by atoms with Gasteiger partial charge in [-0.05, 0) is 63.0 Å². The van der Waals surface area contributed by atoms with Gasteiger partial charge in [0.15, 0.2) is 0 Å². The van der Waals surface area contributed by atoms with Gasteiger partial charge in [0.2, 0.25) is 47.3 Å². The van der Waals surface area contributed by atoms with Gasteiger partial charge >= 0.3 is 0 Å².